The van der Waals surface area contributed by atoms with E-state index in [9.17, 15) is 0 Å². The van der Waals surface area contributed by atoms with Crippen molar-refractivity contribution in [1.29, 1.82) is 5.41 Å². The molecule has 0 unspecified atom stereocenters. The van der Waals surface area contributed by atoms with E-state index in [0.717, 1.165) is 11.3 Å². The van der Waals surface area contributed by atoms with Gasteiger partial charge >= 0.3 is 0 Å². The largest absolute Gasteiger partial charge is 0.492 e. The van der Waals surface area contributed by atoms with Crippen LogP contribution in [0.1, 0.15) is 6.92 Å². The summed E-state index contributed by atoms with van der Waals surface area (Å²) in [7, 11) is 0. The van der Waals surface area contributed by atoms with Gasteiger partial charge in [-0.3, -0.25) is 0 Å². The maximum atomic E-state index is 7.16. The molecule has 17 heavy (non-hydrogen) atoms. The number of hydrogen-bond donors (Lipinski definition) is 2. The van der Waals surface area contributed by atoms with Crippen LogP contribution in [-0.4, -0.2) is 19.4 Å². The Morgan fingerprint density at radius 3 is 2.76 bits per heavy atom. The zero-order valence-electron chi connectivity index (χ0n) is 10.0. The second kappa shape index (κ2) is 8.16. The lowest BCUT2D eigenvalue weighted by atomic mass is 10.3. The molecule has 1 aromatic carbocycles. The summed E-state index contributed by atoms with van der Waals surface area (Å²) in [4.78, 5) is 0. The van der Waals surface area contributed by atoms with Crippen molar-refractivity contribution in [3.05, 3.63) is 54.3 Å². The summed E-state index contributed by atoms with van der Waals surface area (Å²) in [5.74, 6) is 0.874. The fraction of sp³-hybridized carbons (Fsp3) is 0.214. The molecule has 0 aliphatic carbocycles. The Balaban J connectivity index is 2.22. The summed E-state index contributed by atoms with van der Waals surface area (Å²) in [6, 6.07) is 9.71. The average molecular weight is 230 g/mol. The molecular weight excluding hydrogens is 212 g/mol. The molecule has 1 aromatic rings. The Hall–Kier alpha value is -2.03. The summed E-state index contributed by atoms with van der Waals surface area (Å²) in [6.07, 6.45) is 6.89. The van der Waals surface area contributed by atoms with E-state index in [2.05, 4.69) is 5.32 Å². The van der Waals surface area contributed by atoms with Crippen LogP contribution < -0.4 is 10.1 Å². The monoisotopic (exact) mass is 230 g/mol. The fourth-order valence-corrected chi connectivity index (χ4v) is 1.26. The number of para-hydroxylation sites is 1. The molecule has 0 fully saturated rings. The first-order valence-corrected chi connectivity index (χ1v) is 5.61. The first-order valence-electron chi connectivity index (χ1n) is 5.61. The molecule has 0 amide bonds. The maximum absolute atomic E-state index is 7.16. The van der Waals surface area contributed by atoms with Crippen LogP contribution in [0.2, 0.25) is 0 Å². The average Bonchev–Trinajstić information content (AvgIpc) is 2.38. The van der Waals surface area contributed by atoms with E-state index in [-0.39, 0.29) is 0 Å². The van der Waals surface area contributed by atoms with Crippen LogP contribution in [0.3, 0.4) is 0 Å². The highest BCUT2D eigenvalue weighted by atomic mass is 16.5. The Bertz CT molecular complexity index is 382. The second-order valence-corrected chi connectivity index (χ2v) is 3.40. The van der Waals surface area contributed by atoms with Crippen molar-refractivity contribution in [1.82, 2.24) is 5.32 Å². The summed E-state index contributed by atoms with van der Waals surface area (Å²) in [6.45, 7) is 3.24. The standard InChI is InChI=1S/C14H18N2O/c1-2-6-13(11-15)12-16-9-10-17-14-7-4-3-5-8-14/h2-8,11-12,15-16H,9-10H2,1H3/b6-2+,13-12-,15-11?. The molecule has 3 nitrogen and oxygen atoms in total. The molecule has 0 aliphatic rings. The third kappa shape index (κ3) is 5.56. The topological polar surface area (TPSA) is 45.1 Å². The molecular formula is C14H18N2O. The SMILES string of the molecule is C/C=C/C(C=N)=C/NCCOc1ccccc1. The van der Waals surface area contributed by atoms with Gasteiger partial charge in [0.2, 0.25) is 0 Å². The van der Waals surface area contributed by atoms with E-state index in [0.29, 0.717) is 13.2 Å². The summed E-state index contributed by atoms with van der Waals surface area (Å²) >= 11 is 0. The molecule has 1 rings (SSSR count). The Morgan fingerprint density at radius 1 is 1.35 bits per heavy atom. The van der Waals surface area contributed by atoms with Crippen LogP contribution in [0, 0.1) is 5.41 Å². The first-order chi connectivity index (χ1) is 8.36. The van der Waals surface area contributed by atoms with Crippen molar-refractivity contribution in [2.24, 2.45) is 0 Å². The molecule has 3 heteroatoms. The molecule has 2 N–H and O–H groups in total. The van der Waals surface area contributed by atoms with Gasteiger partial charge in [-0.1, -0.05) is 30.4 Å². The maximum Gasteiger partial charge on any atom is 0.119 e. The molecule has 0 saturated heterocycles. The minimum Gasteiger partial charge on any atom is -0.492 e. The van der Waals surface area contributed by atoms with Crippen molar-refractivity contribution in [3.8, 4) is 5.75 Å². The van der Waals surface area contributed by atoms with Gasteiger partial charge in [0, 0.05) is 24.5 Å². The molecule has 0 atom stereocenters. The number of rotatable bonds is 7. The summed E-state index contributed by atoms with van der Waals surface area (Å²) in [5.41, 5.74) is 0.840. The van der Waals surface area contributed by atoms with Gasteiger partial charge in [0.15, 0.2) is 0 Å². The highest BCUT2D eigenvalue weighted by Gasteiger charge is 1.90. The van der Waals surface area contributed by atoms with Crippen LogP contribution in [0.15, 0.2) is 54.3 Å². The third-order valence-electron chi connectivity index (χ3n) is 2.05. The van der Waals surface area contributed by atoms with Crippen molar-refractivity contribution < 1.29 is 4.74 Å². The molecule has 0 aromatic heterocycles. The Labute approximate surface area is 102 Å². The number of benzene rings is 1. The third-order valence-corrected chi connectivity index (χ3v) is 2.05. The summed E-state index contributed by atoms with van der Waals surface area (Å²) < 4.78 is 5.51. The van der Waals surface area contributed by atoms with Crippen LogP contribution in [0.4, 0.5) is 0 Å². The van der Waals surface area contributed by atoms with Gasteiger partial charge in [-0.15, -0.1) is 0 Å². The first kappa shape index (κ1) is 13.0. The molecule has 0 radical (unpaired) electrons. The van der Waals surface area contributed by atoms with E-state index >= 15 is 0 Å². The lowest BCUT2D eigenvalue weighted by Crippen LogP contribution is -2.16. The highest BCUT2D eigenvalue weighted by molar-refractivity contribution is 5.79. The van der Waals surface area contributed by atoms with Gasteiger partial charge < -0.3 is 15.5 Å². The second-order valence-electron chi connectivity index (χ2n) is 3.40. The number of allylic oxidation sites excluding steroid dienone is 3. The number of nitrogens with one attached hydrogen (secondary N) is 2. The van der Waals surface area contributed by atoms with Gasteiger partial charge in [0.1, 0.15) is 12.4 Å². The Morgan fingerprint density at radius 2 is 2.12 bits per heavy atom. The highest BCUT2D eigenvalue weighted by Crippen LogP contribution is 2.07. The lowest BCUT2D eigenvalue weighted by molar-refractivity contribution is 0.320. The predicted molar refractivity (Wildman–Crippen MR) is 71.6 cm³/mol. The van der Waals surface area contributed by atoms with E-state index in [1.54, 1.807) is 6.20 Å². The van der Waals surface area contributed by atoms with Crippen molar-refractivity contribution in [2.75, 3.05) is 13.2 Å². The molecule has 0 spiro atoms. The zero-order valence-corrected chi connectivity index (χ0v) is 10.0. The predicted octanol–water partition coefficient (Wildman–Crippen LogP) is 2.76. The smallest absolute Gasteiger partial charge is 0.119 e. The number of ether oxygens (including phenoxy) is 1. The van der Waals surface area contributed by atoms with Crippen molar-refractivity contribution >= 4 is 6.21 Å². The van der Waals surface area contributed by atoms with E-state index in [4.69, 9.17) is 10.1 Å². The molecule has 0 saturated carbocycles. The van der Waals surface area contributed by atoms with Crippen LogP contribution in [0.5, 0.6) is 5.75 Å². The zero-order chi connectivity index (χ0) is 12.3. The van der Waals surface area contributed by atoms with Gasteiger partial charge in [-0.25, -0.2) is 0 Å². The Kier molecular flexibility index (Phi) is 6.26. The van der Waals surface area contributed by atoms with Crippen LogP contribution in [0.25, 0.3) is 0 Å². The van der Waals surface area contributed by atoms with Gasteiger partial charge in [-0.05, 0) is 19.1 Å². The van der Waals surface area contributed by atoms with Crippen molar-refractivity contribution in [3.63, 3.8) is 0 Å². The molecule has 90 valence electrons. The lowest BCUT2D eigenvalue weighted by Gasteiger charge is -2.05. The molecule has 0 aliphatic heterocycles. The summed E-state index contributed by atoms with van der Waals surface area (Å²) in [5, 5.41) is 10.3. The minimum atomic E-state index is 0.599. The van der Waals surface area contributed by atoms with Gasteiger partial charge in [-0.2, -0.15) is 0 Å². The minimum absolute atomic E-state index is 0.599. The molecule has 0 bridgehead atoms. The van der Waals surface area contributed by atoms with Crippen LogP contribution >= 0.6 is 0 Å². The molecule has 0 heterocycles. The van der Waals surface area contributed by atoms with Crippen molar-refractivity contribution in [2.45, 2.75) is 6.92 Å². The normalized spacial score (nSPS) is 11.5. The van der Waals surface area contributed by atoms with Crippen LogP contribution in [-0.2, 0) is 0 Å². The fourth-order valence-electron chi connectivity index (χ4n) is 1.26. The quantitative estimate of drug-likeness (QED) is 0.430. The van der Waals surface area contributed by atoms with Gasteiger partial charge in [0.25, 0.3) is 0 Å². The van der Waals surface area contributed by atoms with E-state index in [1.807, 2.05) is 49.4 Å². The van der Waals surface area contributed by atoms with E-state index < -0.39 is 0 Å². The van der Waals surface area contributed by atoms with Gasteiger partial charge in [0.05, 0.1) is 0 Å². The number of hydrogen-bond acceptors (Lipinski definition) is 3. The van der Waals surface area contributed by atoms with E-state index in [1.165, 1.54) is 6.21 Å².